The molecule has 0 amide bonds. The topological polar surface area (TPSA) is 64.2 Å². The van der Waals surface area contributed by atoms with Crippen molar-refractivity contribution < 1.29 is 10.0 Å². The number of thiophene rings is 1. The van der Waals surface area contributed by atoms with Crippen LogP contribution in [0.2, 0.25) is 0 Å². The molecule has 3 nitrogen and oxygen atoms in total. The number of hydrogen-bond donors (Lipinski definition) is 2. The smallest absolute Gasteiger partial charge is 0.423 e. The van der Waals surface area contributed by atoms with Crippen molar-refractivity contribution in [3.8, 4) is 6.07 Å². The molecule has 0 bridgehead atoms. The van der Waals surface area contributed by atoms with E-state index < -0.39 is 7.12 Å². The molecule has 0 aromatic carbocycles. The van der Waals surface area contributed by atoms with Gasteiger partial charge in [0.25, 0.3) is 0 Å². The van der Waals surface area contributed by atoms with Crippen LogP contribution in [-0.4, -0.2) is 17.2 Å². The van der Waals surface area contributed by atoms with Crippen LogP contribution >= 0.6 is 11.3 Å². The van der Waals surface area contributed by atoms with E-state index in [1.54, 1.807) is 5.38 Å². The molecule has 1 heterocycles. The van der Waals surface area contributed by atoms with E-state index in [1.165, 1.54) is 6.07 Å². The molecule has 0 aliphatic rings. The first-order chi connectivity index (χ1) is 4.74. The van der Waals surface area contributed by atoms with Crippen LogP contribution in [0.1, 0.15) is 5.56 Å². The van der Waals surface area contributed by atoms with Gasteiger partial charge in [-0.15, -0.1) is 0 Å². The molecule has 0 aliphatic carbocycles. The Labute approximate surface area is 62.3 Å². The lowest BCUT2D eigenvalue weighted by Gasteiger charge is -1.87. The summed E-state index contributed by atoms with van der Waals surface area (Å²) in [5, 5.41) is 27.1. The van der Waals surface area contributed by atoms with Gasteiger partial charge in [0.15, 0.2) is 0 Å². The number of nitrogens with zero attached hydrogens (tertiary/aromatic N) is 1. The Hall–Kier alpha value is -0.825. The third-order valence-corrected chi connectivity index (χ3v) is 1.98. The Morgan fingerprint density at radius 1 is 1.60 bits per heavy atom. The Morgan fingerprint density at radius 2 is 2.30 bits per heavy atom. The summed E-state index contributed by atoms with van der Waals surface area (Å²) in [5.74, 6) is 0. The zero-order valence-corrected chi connectivity index (χ0v) is 5.80. The first kappa shape index (κ1) is 7.28. The van der Waals surface area contributed by atoms with Crippen molar-refractivity contribution in [2.45, 2.75) is 0 Å². The SMILES string of the molecule is N#Cc1csc(B(O)O)c1. The van der Waals surface area contributed by atoms with Crippen LogP contribution in [0.25, 0.3) is 0 Å². The molecule has 1 aromatic heterocycles. The molecule has 5 heteroatoms. The van der Waals surface area contributed by atoms with Gasteiger partial charge in [0.05, 0.1) is 11.6 Å². The molecule has 2 N–H and O–H groups in total. The van der Waals surface area contributed by atoms with Crippen molar-refractivity contribution in [3.63, 3.8) is 0 Å². The minimum atomic E-state index is -1.45. The van der Waals surface area contributed by atoms with Crippen LogP contribution in [0.5, 0.6) is 0 Å². The molecular formula is C5H4BNO2S. The number of hydrogen-bond acceptors (Lipinski definition) is 4. The highest BCUT2D eigenvalue weighted by Gasteiger charge is 2.12. The lowest BCUT2D eigenvalue weighted by molar-refractivity contribution is 0.427. The fourth-order valence-corrected chi connectivity index (χ4v) is 1.25. The van der Waals surface area contributed by atoms with E-state index in [9.17, 15) is 0 Å². The second-order valence-electron chi connectivity index (χ2n) is 1.72. The Balaban J connectivity index is 2.91. The van der Waals surface area contributed by atoms with Gasteiger partial charge in [0.1, 0.15) is 0 Å². The lowest BCUT2D eigenvalue weighted by Crippen LogP contribution is -2.26. The summed E-state index contributed by atoms with van der Waals surface area (Å²) >= 11 is 1.16. The molecule has 0 saturated heterocycles. The zero-order valence-electron chi connectivity index (χ0n) is 4.98. The fraction of sp³-hybridized carbons (Fsp3) is 0. The number of rotatable bonds is 1. The molecule has 1 rings (SSSR count). The van der Waals surface area contributed by atoms with Gasteiger partial charge in [-0.2, -0.15) is 16.6 Å². The highest BCUT2D eigenvalue weighted by molar-refractivity contribution is 7.20. The molecule has 50 valence electrons. The highest BCUT2D eigenvalue weighted by Crippen LogP contribution is 2.01. The van der Waals surface area contributed by atoms with Crippen molar-refractivity contribution in [2.75, 3.05) is 0 Å². The largest absolute Gasteiger partial charge is 0.499 e. The molecule has 0 unspecified atom stereocenters. The Kier molecular flexibility index (Phi) is 2.07. The summed E-state index contributed by atoms with van der Waals surface area (Å²) < 4.78 is 0.400. The zero-order chi connectivity index (χ0) is 7.56. The summed E-state index contributed by atoms with van der Waals surface area (Å²) in [4.78, 5) is 0. The molecule has 0 spiro atoms. The molecule has 0 radical (unpaired) electrons. The maximum absolute atomic E-state index is 8.59. The van der Waals surface area contributed by atoms with Crippen molar-refractivity contribution in [1.29, 1.82) is 5.26 Å². The van der Waals surface area contributed by atoms with Crippen molar-refractivity contribution in [2.24, 2.45) is 0 Å². The van der Waals surface area contributed by atoms with Crippen LogP contribution < -0.4 is 4.78 Å². The van der Waals surface area contributed by atoms with E-state index >= 15 is 0 Å². The summed E-state index contributed by atoms with van der Waals surface area (Å²) in [7, 11) is -1.45. The molecule has 0 aliphatic heterocycles. The van der Waals surface area contributed by atoms with Gasteiger partial charge in [0.2, 0.25) is 0 Å². The Morgan fingerprint density at radius 3 is 2.60 bits per heavy atom. The van der Waals surface area contributed by atoms with E-state index in [0.29, 0.717) is 10.3 Å². The quantitative estimate of drug-likeness (QED) is 0.524. The predicted octanol–water partition coefficient (Wildman–Crippen LogP) is -0.700. The predicted molar refractivity (Wildman–Crippen MR) is 38.9 cm³/mol. The average Bonchev–Trinajstić information content (AvgIpc) is 2.34. The fourth-order valence-electron chi connectivity index (χ4n) is 0.547. The van der Waals surface area contributed by atoms with E-state index in [1.807, 2.05) is 6.07 Å². The van der Waals surface area contributed by atoms with Crippen LogP contribution in [0.3, 0.4) is 0 Å². The molecule has 1 aromatic rings. The highest BCUT2D eigenvalue weighted by atomic mass is 32.1. The third kappa shape index (κ3) is 1.36. The summed E-state index contributed by atoms with van der Waals surface area (Å²) in [6.07, 6.45) is 0. The van der Waals surface area contributed by atoms with Gasteiger partial charge < -0.3 is 10.0 Å². The second-order valence-corrected chi connectivity index (χ2v) is 2.67. The van der Waals surface area contributed by atoms with Gasteiger partial charge in [-0.1, -0.05) is 0 Å². The van der Waals surface area contributed by atoms with E-state index in [0.717, 1.165) is 11.3 Å². The minimum Gasteiger partial charge on any atom is -0.423 e. The molecular weight excluding hydrogens is 149 g/mol. The van der Waals surface area contributed by atoms with Gasteiger partial charge >= 0.3 is 7.12 Å². The van der Waals surface area contributed by atoms with Crippen LogP contribution in [0.4, 0.5) is 0 Å². The molecule has 10 heavy (non-hydrogen) atoms. The standard InChI is InChI=1S/C5H4BNO2S/c7-2-4-1-5(6(8)9)10-3-4/h1,3,8-9H. The van der Waals surface area contributed by atoms with Gasteiger partial charge in [0, 0.05) is 10.2 Å². The first-order valence-corrected chi connectivity index (χ1v) is 3.46. The van der Waals surface area contributed by atoms with Crippen molar-refractivity contribution in [1.82, 2.24) is 0 Å². The summed E-state index contributed by atoms with van der Waals surface area (Å²) in [5.41, 5.74) is 0.466. The first-order valence-electron chi connectivity index (χ1n) is 2.58. The third-order valence-electron chi connectivity index (χ3n) is 1.00. The summed E-state index contributed by atoms with van der Waals surface area (Å²) in [6, 6.07) is 3.34. The van der Waals surface area contributed by atoms with Crippen molar-refractivity contribution in [3.05, 3.63) is 17.0 Å². The average molecular weight is 153 g/mol. The van der Waals surface area contributed by atoms with Gasteiger partial charge in [-0.25, -0.2) is 0 Å². The summed E-state index contributed by atoms with van der Waals surface area (Å²) in [6.45, 7) is 0. The van der Waals surface area contributed by atoms with Crippen LogP contribution in [0, 0.1) is 11.3 Å². The monoisotopic (exact) mass is 153 g/mol. The maximum atomic E-state index is 8.59. The minimum absolute atomic E-state index is 0.400. The van der Waals surface area contributed by atoms with Crippen LogP contribution in [0.15, 0.2) is 11.4 Å². The van der Waals surface area contributed by atoms with E-state index in [4.69, 9.17) is 15.3 Å². The maximum Gasteiger partial charge on any atom is 0.499 e. The molecule has 0 fully saturated rings. The van der Waals surface area contributed by atoms with E-state index in [2.05, 4.69) is 0 Å². The second kappa shape index (κ2) is 2.84. The van der Waals surface area contributed by atoms with Crippen molar-refractivity contribution >= 4 is 23.2 Å². The van der Waals surface area contributed by atoms with Crippen LogP contribution in [-0.2, 0) is 0 Å². The normalized spacial score (nSPS) is 8.90. The lowest BCUT2D eigenvalue weighted by atomic mass is 9.89. The van der Waals surface area contributed by atoms with E-state index in [-0.39, 0.29) is 0 Å². The van der Waals surface area contributed by atoms with Gasteiger partial charge in [-0.05, 0) is 6.07 Å². The molecule has 0 saturated carbocycles. The van der Waals surface area contributed by atoms with Gasteiger partial charge in [-0.3, -0.25) is 0 Å². The number of nitriles is 1. The Bertz CT molecular complexity index is 265. The molecule has 0 atom stereocenters.